The van der Waals surface area contributed by atoms with Gasteiger partial charge in [0.15, 0.2) is 0 Å². The Morgan fingerprint density at radius 2 is 2.14 bits per heavy atom. The highest BCUT2D eigenvalue weighted by Gasteiger charge is 2.11. The first-order chi connectivity index (χ1) is 10.7. The third kappa shape index (κ3) is 3.13. The molecule has 112 valence electrons. The second kappa shape index (κ2) is 6.46. The van der Waals surface area contributed by atoms with Crippen LogP contribution in [0, 0.1) is 0 Å². The number of carbonyl (C=O) groups is 1. The predicted octanol–water partition coefficient (Wildman–Crippen LogP) is 4.42. The maximum atomic E-state index is 12.2. The lowest BCUT2D eigenvalue weighted by atomic mass is 10.2. The number of thiazole rings is 1. The Bertz CT molecular complexity index is 831. The van der Waals surface area contributed by atoms with E-state index in [2.05, 4.69) is 20.9 Å². The summed E-state index contributed by atoms with van der Waals surface area (Å²) in [4.78, 5) is 16.4. The molecule has 0 atom stereocenters. The van der Waals surface area contributed by atoms with Gasteiger partial charge in [0, 0.05) is 10.0 Å². The molecule has 0 spiro atoms. The van der Waals surface area contributed by atoms with Crippen molar-refractivity contribution in [2.24, 2.45) is 0 Å². The van der Waals surface area contributed by atoms with Crippen molar-refractivity contribution in [3.05, 3.63) is 57.5 Å². The molecule has 1 aromatic heterocycles. The summed E-state index contributed by atoms with van der Waals surface area (Å²) < 4.78 is 12.5. The first-order valence-electron chi connectivity index (χ1n) is 6.50. The highest BCUT2D eigenvalue weighted by atomic mass is 79.9. The maximum Gasteiger partial charge on any atom is 0.338 e. The average molecular weight is 378 g/mol. The fourth-order valence-corrected chi connectivity index (χ4v) is 3.19. The van der Waals surface area contributed by atoms with Crippen molar-refractivity contribution >= 4 is 43.5 Å². The largest absolute Gasteiger partial charge is 0.496 e. The summed E-state index contributed by atoms with van der Waals surface area (Å²) in [7, 11) is 1.59. The Balaban J connectivity index is 1.75. The van der Waals surface area contributed by atoms with E-state index in [9.17, 15) is 4.79 Å². The van der Waals surface area contributed by atoms with Gasteiger partial charge in [-0.1, -0.05) is 15.9 Å². The highest BCUT2D eigenvalue weighted by molar-refractivity contribution is 9.10. The second-order valence-electron chi connectivity index (χ2n) is 4.57. The van der Waals surface area contributed by atoms with Crippen molar-refractivity contribution in [2.45, 2.75) is 6.61 Å². The average Bonchev–Trinajstić information content (AvgIpc) is 3.00. The zero-order valence-corrected chi connectivity index (χ0v) is 14.1. The van der Waals surface area contributed by atoms with E-state index < -0.39 is 0 Å². The van der Waals surface area contributed by atoms with Gasteiger partial charge in [-0.25, -0.2) is 9.78 Å². The number of hydrogen-bond acceptors (Lipinski definition) is 5. The van der Waals surface area contributed by atoms with E-state index in [0.717, 1.165) is 20.3 Å². The van der Waals surface area contributed by atoms with Crippen molar-refractivity contribution in [2.75, 3.05) is 7.11 Å². The van der Waals surface area contributed by atoms with Crippen LogP contribution in [0.4, 0.5) is 0 Å². The molecule has 0 N–H and O–H groups in total. The minimum Gasteiger partial charge on any atom is -0.496 e. The number of fused-ring (bicyclic) bond motifs is 1. The molecule has 0 saturated carbocycles. The summed E-state index contributed by atoms with van der Waals surface area (Å²) in [6.07, 6.45) is 0. The molecule has 0 radical (unpaired) electrons. The van der Waals surface area contributed by atoms with E-state index >= 15 is 0 Å². The molecule has 0 amide bonds. The smallest absolute Gasteiger partial charge is 0.338 e. The third-order valence-electron chi connectivity index (χ3n) is 3.17. The SMILES string of the molecule is COc1ccc(Br)cc1COC(=O)c1ccc2ncsc2c1. The number of nitrogens with zero attached hydrogens (tertiary/aromatic N) is 1. The number of benzene rings is 2. The molecule has 0 aliphatic rings. The molecule has 2 aromatic carbocycles. The van der Waals surface area contributed by atoms with Crippen LogP contribution in [0.5, 0.6) is 5.75 Å². The Morgan fingerprint density at radius 3 is 2.95 bits per heavy atom. The molecule has 0 bridgehead atoms. The van der Waals surface area contributed by atoms with E-state index in [4.69, 9.17) is 9.47 Å². The van der Waals surface area contributed by atoms with Crippen LogP contribution in [-0.4, -0.2) is 18.1 Å². The summed E-state index contributed by atoms with van der Waals surface area (Å²) in [5.74, 6) is 0.325. The van der Waals surface area contributed by atoms with Crippen molar-refractivity contribution < 1.29 is 14.3 Å². The molecule has 0 fully saturated rings. The summed E-state index contributed by atoms with van der Waals surface area (Å²) in [6.45, 7) is 0.155. The highest BCUT2D eigenvalue weighted by Crippen LogP contribution is 2.24. The molecule has 3 rings (SSSR count). The molecule has 0 unspecified atom stereocenters. The Kier molecular flexibility index (Phi) is 4.40. The van der Waals surface area contributed by atoms with Crippen molar-refractivity contribution in [3.8, 4) is 5.75 Å². The van der Waals surface area contributed by atoms with Crippen LogP contribution in [0.15, 0.2) is 46.4 Å². The predicted molar refractivity (Wildman–Crippen MR) is 89.4 cm³/mol. The van der Waals surface area contributed by atoms with Gasteiger partial charge >= 0.3 is 5.97 Å². The topological polar surface area (TPSA) is 48.4 Å². The normalized spacial score (nSPS) is 10.6. The lowest BCUT2D eigenvalue weighted by molar-refractivity contribution is 0.0470. The van der Waals surface area contributed by atoms with Gasteiger partial charge in [-0.2, -0.15) is 0 Å². The Labute approximate surface area is 139 Å². The van der Waals surface area contributed by atoms with Crippen LogP contribution in [0.1, 0.15) is 15.9 Å². The summed E-state index contributed by atoms with van der Waals surface area (Å²) >= 11 is 4.89. The van der Waals surface area contributed by atoms with Gasteiger partial charge in [0.05, 0.1) is 28.4 Å². The number of carbonyl (C=O) groups excluding carboxylic acids is 1. The van der Waals surface area contributed by atoms with Crippen molar-refractivity contribution in [1.29, 1.82) is 0 Å². The van der Waals surface area contributed by atoms with Gasteiger partial charge in [0.2, 0.25) is 0 Å². The van der Waals surface area contributed by atoms with Gasteiger partial charge in [0.25, 0.3) is 0 Å². The van der Waals surface area contributed by atoms with Gasteiger partial charge in [-0.3, -0.25) is 0 Å². The van der Waals surface area contributed by atoms with E-state index in [1.807, 2.05) is 24.3 Å². The fraction of sp³-hybridized carbons (Fsp3) is 0.125. The Morgan fingerprint density at radius 1 is 1.27 bits per heavy atom. The summed E-state index contributed by atoms with van der Waals surface area (Å²) in [5.41, 5.74) is 3.97. The molecule has 0 saturated heterocycles. The number of ether oxygens (including phenoxy) is 2. The maximum absolute atomic E-state index is 12.2. The van der Waals surface area contributed by atoms with E-state index in [-0.39, 0.29) is 12.6 Å². The van der Waals surface area contributed by atoms with Crippen LogP contribution in [0.2, 0.25) is 0 Å². The van der Waals surface area contributed by atoms with Crippen molar-refractivity contribution in [1.82, 2.24) is 4.98 Å². The number of rotatable bonds is 4. The second-order valence-corrected chi connectivity index (χ2v) is 6.37. The molecule has 6 heteroatoms. The van der Waals surface area contributed by atoms with Crippen LogP contribution >= 0.6 is 27.3 Å². The molecule has 4 nitrogen and oxygen atoms in total. The molecular weight excluding hydrogens is 366 g/mol. The van der Waals surface area contributed by atoms with Crippen molar-refractivity contribution in [3.63, 3.8) is 0 Å². The monoisotopic (exact) mass is 377 g/mol. The van der Waals surface area contributed by atoms with Crippen LogP contribution < -0.4 is 4.74 Å². The number of aromatic nitrogens is 1. The quantitative estimate of drug-likeness (QED) is 0.631. The third-order valence-corrected chi connectivity index (χ3v) is 4.45. The molecular formula is C16H12BrNO3S. The minimum atomic E-state index is -0.364. The van der Waals surface area contributed by atoms with E-state index in [1.54, 1.807) is 24.8 Å². The number of halogens is 1. The first kappa shape index (κ1) is 15.0. The first-order valence-corrected chi connectivity index (χ1v) is 8.17. The molecule has 3 aromatic rings. The lowest BCUT2D eigenvalue weighted by Gasteiger charge is -2.10. The minimum absolute atomic E-state index is 0.155. The van der Waals surface area contributed by atoms with Gasteiger partial charge in [-0.05, 0) is 36.4 Å². The molecule has 1 heterocycles. The summed E-state index contributed by atoms with van der Waals surface area (Å²) in [6, 6.07) is 10.9. The standard InChI is InChI=1S/C16H12BrNO3S/c1-20-14-5-3-12(17)6-11(14)8-21-16(19)10-2-4-13-15(7-10)22-9-18-13/h2-7,9H,8H2,1H3. The molecule has 22 heavy (non-hydrogen) atoms. The zero-order valence-electron chi connectivity index (χ0n) is 11.7. The van der Waals surface area contributed by atoms with Gasteiger partial charge in [0.1, 0.15) is 12.4 Å². The number of hydrogen-bond donors (Lipinski definition) is 0. The molecule has 0 aliphatic carbocycles. The summed E-state index contributed by atoms with van der Waals surface area (Å²) in [5, 5.41) is 0. The number of esters is 1. The number of methoxy groups -OCH3 is 1. The van der Waals surface area contributed by atoms with Gasteiger partial charge in [-0.15, -0.1) is 11.3 Å². The lowest BCUT2D eigenvalue weighted by Crippen LogP contribution is -2.06. The zero-order chi connectivity index (χ0) is 15.5. The molecule has 0 aliphatic heterocycles. The van der Waals surface area contributed by atoms with Crippen LogP contribution in [-0.2, 0) is 11.3 Å². The van der Waals surface area contributed by atoms with Crippen LogP contribution in [0.3, 0.4) is 0 Å². The fourth-order valence-electron chi connectivity index (χ4n) is 2.07. The van der Waals surface area contributed by atoms with E-state index in [0.29, 0.717) is 11.3 Å². The van der Waals surface area contributed by atoms with Crippen LogP contribution in [0.25, 0.3) is 10.2 Å². The Hall–Kier alpha value is -1.92. The van der Waals surface area contributed by atoms with Gasteiger partial charge < -0.3 is 9.47 Å². The van der Waals surface area contributed by atoms with E-state index in [1.165, 1.54) is 11.3 Å².